The molecular weight excluding hydrogens is 314 g/mol. The van der Waals surface area contributed by atoms with Gasteiger partial charge in [-0.25, -0.2) is 0 Å². The summed E-state index contributed by atoms with van der Waals surface area (Å²) in [6.45, 7) is 6.20. The molecule has 0 bridgehead atoms. The lowest BCUT2D eigenvalue weighted by atomic mass is 9.82. The lowest BCUT2D eigenvalue weighted by Crippen LogP contribution is -2.31. The van der Waals surface area contributed by atoms with E-state index in [0.29, 0.717) is 18.7 Å². The minimum Gasteiger partial charge on any atom is -0.343 e. The van der Waals surface area contributed by atoms with Crippen LogP contribution in [0.1, 0.15) is 78.1 Å². The number of likely N-dealkylation sites (tertiary alicyclic amines) is 1. The molecule has 0 atom stereocenters. The van der Waals surface area contributed by atoms with Crippen LogP contribution in [0.25, 0.3) is 0 Å². The standard InChI is InChI=1S/C17H33NO4S/c1-17(2,12-6-9-15-23(20,21)22)11-5-8-14-18-13-7-3-4-10-16(18)19/h3-15H2,1-2H3,(H,20,21,22). The van der Waals surface area contributed by atoms with Crippen LogP contribution in [0.4, 0.5) is 0 Å². The van der Waals surface area contributed by atoms with Crippen molar-refractivity contribution in [1.29, 1.82) is 0 Å². The van der Waals surface area contributed by atoms with Gasteiger partial charge in [0.2, 0.25) is 5.91 Å². The maximum atomic E-state index is 11.9. The fourth-order valence-electron chi connectivity index (χ4n) is 3.19. The van der Waals surface area contributed by atoms with Crippen LogP contribution in [0.5, 0.6) is 0 Å². The molecule has 0 unspecified atom stereocenters. The van der Waals surface area contributed by atoms with Gasteiger partial charge in [0.1, 0.15) is 0 Å². The summed E-state index contributed by atoms with van der Waals surface area (Å²) in [7, 11) is -3.82. The number of carbonyl (C=O) groups excluding carboxylic acids is 1. The van der Waals surface area contributed by atoms with Crippen molar-refractivity contribution >= 4 is 16.0 Å². The fourth-order valence-corrected chi connectivity index (χ4v) is 3.76. The van der Waals surface area contributed by atoms with Crippen molar-refractivity contribution < 1.29 is 17.8 Å². The molecule has 1 aliphatic heterocycles. The zero-order valence-corrected chi connectivity index (χ0v) is 15.5. The highest BCUT2D eigenvalue weighted by Gasteiger charge is 2.19. The Kier molecular flexibility index (Phi) is 8.54. The van der Waals surface area contributed by atoms with Gasteiger partial charge in [-0.2, -0.15) is 8.42 Å². The molecule has 0 radical (unpaired) electrons. The van der Waals surface area contributed by atoms with Gasteiger partial charge in [0, 0.05) is 19.5 Å². The average molecular weight is 348 g/mol. The van der Waals surface area contributed by atoms with Gasteiger partial charge in [-0.3, -0.25) is 9.35 Å². The van der Waals surface area contributed by atoms with Crippen LogP contribution in [0.2, 0.25) is 0 Å². The van der Waals surface area contributed by atoms with Gasteiger partial charge in [0.05, 0.1) is 5.75 Å². The predicted octanol–water partition coefficient (Wildman–Crippen LogP) is 3.64. The van der Waals surface area contributed by atoms with Crippen LogP contribution in [-0.2, 0) is 14.9 Å². The Morgan fingerprint density at radius 2 is 1.70 bits per heavy atom. The van der Waals surface area contributed by atoms with Gasteiger partial charge < -0.3 is 4.90 Å². The van der Waals surface area contributed by atoms with Crippen LogP contribution in [0.15, 0.2) is 0 Å². The molecular formula is C17H33NO4S. The number of amides is 1. The summed E-state index contributed by atoms with van der Waals surface area (Å²) in [5.41, 5.74) is 0.183. The number of hydrogen-bond donors (Lipinski definition) is 1. The molecule has 1 N–H and O–H groups in total. The van der Waals surface area contributed by atoms with E-state index >= 15 is 0 Å². The first-order chi connectivity index (χ1) is 10.7. The van der Waals surface area contributed by atoms with Crippen molar-refractivity contribution in [2.24, 2.45) is 5.41 Å². The first kappa shape index (κ1) is 20.4. The van der Waals surface area contributed by atoms with Crippen LogP contribution in [0.3, 0.4) is 0 Å². The molecule has 0 saturated carbocycles. The smallest absolute Gasteiger partial charge is 0.264 e. The predicted molar refractivity (Wildman–Crippen MR) is 92.9 cm³/mol. The molecule has 0 spiro atoms. The first-order valence-corrected chi connectivity index (χ1v) is 10.5. The van der Waals surface area contributed by atoms with Gasteiger partial charge >= 0.3 is 0 Å². The largest absolute Gasteiger partial charge is 0.343 e. The van der Waals surface area contributed by atoms with Crippen molar-refractivity contribution in [2.75, 3.05) is 18.8 Å². The van der Waals surface area contributed by atoms with E-state index in [2.05, 4.69) is 13.8 Å². The van der Waals surface area contributed by atoms with E-state index in [1.165, 1.54) is 6.42 Å². The third kappa shape index (κ3) is 9.97. The van der Waals surface area contributed by atoms with Crippen molar-refractivity contribution in [3.8, 4) is 0 Å². The summed E-state index contributed by atoms with van der Waals surface area (Å²) in [5.74, 6) is 0.173. The second-order valence-corrected chi connectivity index (χ2v) is 9.13. The van der Waals surface area contributed by atoms with E-state index in [0.717, 1.165) is 58.0 Å². The zero-order chi connectivity index (χ0) is 17.3. The molecule has 1 heterocycles. The van der Waals surface area contributed by atoms with Crippen LogP contribution in [-0.4, -0.2) is 42.6 Å². The Bertz CT molecular complexity index is 459. The molecule has 1 fully saturated rings. The topological polar surface area (TPSA) is 74.7 Å². The summed E-state index contributed by atoms with van der Waals surface area (Å²) in [6, 6.07) is 0. The first-order valence-electron chi connectivity index (χ1n) is 8.93. The molecule has 0 aliphatic carbocycles. The minimum atomic E-state index is -3.82. The normalized spacial score (nSPS) is 17.3. The minimum absolute atomic E-state index is 0.139. The van der Waals surface area contributed by atoms with Crippen LogP contribution in [0, 0.1) is 5.41 Å². The molecule has 0 aromatic carbocycles. The fraction of sp³-hybridized carbons (Fsp3) is 0.941. The second kappa shape index (κ2) is 9.62. The van der Waals surface area contributed by atoms with Crippen molar-refractivity contribution in [2.45, 2.75) is 78.1 Å². The quantitative estimate of drug-likeness (QED) is 0.483. The molecule has 0 aromatic rings. The highest BCUT2D eigenvalue weighted by atomic mass is 32.2. The van der Waals surface area contributed by atoms with Crippen molar-refractivity contribution in [3.05, 3.63) is 0 Å². The van der Waals surface area contributed by atoms with E-state index in [4.69, 9.17) is 4.55 Å². The Labute approximate surface area is 141 Å². The summed E-state index contributed by atoms with van der Waals surface area (Å²) in [4.78, 5) is 13.9. The molecule has 136 valence electrons. The molecule has 1 saturated heterocycles. The third-order valence-corrected chi connectivity index (χ3v) is 5.51. The summed E-state index contributed by atoms with van der Waals surface area (Å²) in [5, 5.41) is 0. The third-order valence-electron chi connectivity index (χ3n) is 4.71. The SMILES string of the molecule is CC(C)(CCCCN1CCCCCC1=O)CCCCS(=O)(=O)O. The highest BCUT2D eigenvalue weighted by Crippen LogP contribution is 2.29. The highest BCUT2D eigenvalue weighted by molar-refractivity contribution is 7.85. The number of hydrogen-bond acceptors (Lipinski definition) is 3. The molecule has 1 amide bonds. The second-order valence-electron chi connectivity index (χ2n) is 7.56. The van der Waals surface area contributed by atoms with Crippen LogP contribution < -0.4 is 0 Å². The lowest BCUT2D eigenvalue weighted by Gasteiger charge is -2.26. The van der Waals surface area contributed by atoms with E-state index < -0.39 is 10.1 Å². The molecule has 23 heavy (non-hydrogen) atoms. The Morgan fingerprint density at radius 1 is 1.04 bits per heavy atom. The van der Waals surface area contributed by atoms with Crippen molar-refractivity contribution in [1.82, 2.24) is 4.90 Å². The monoisotopic (exact) mass is 347 g/mol. The number of unbranched alkanes of at least 4 members (excludes halogenated alkanes) is 2. The average Bonchev–Trinajstić information content (AvgIpc) is 2.64. The maximum absolute atomic E-state index is 11.9. The molecule has 6 heteroatoms. The molecule has 1 rings (SSSR count). The van der Waals surface area contributed by atoms with E-state index in [-0.39, 0.29) is 11.2 Å². The summed E-state index contributed by atoms with van der Waals surface area (Å²) in [6.07, 6.45) is 9.55. The zero-order valence-electron chi connectivity index (χ0n) is 14.7. The number of carbonyl (C=O) groups is 1. The lowest BCUT2D eigenvalue weighted by molar-refractivity contribution is -0.130. The maximum Gasteiger partial charge on any atom is 0.264 e. The van der Waals surface area contributed by atoms with Gasteiger partial charge in [0.25, 0.3) is 10.1 Å². The molecule has 1 aliphatic rings. The Hall–Kier alpha value is -0.620. The summed E-state index contributed by atoms with van der Waals surface area (Å²) >= 11 is 0. The van der Waals surface area contributed by atoms with Gasteiger partial charge in [0.15, 0.2) is 0 Å². The van der Waals surface area contributed by atoms with E-state index in [1.807, 2.05) is 4.90 Å². The number of rotatable bonds is 10. The van der Waals surface area contributed by atoms with E-state index in [9.17, 15) is 13.2 Å². The van der Waals surface area contributed by atoms with E-state index in [1.54, 1.807) is 0 Å². The number of nitrogens with zero attached hydrogens (tertiary/aromatic N) is 1. The molecule has 5 nitrogen and oxygen atoms in total. The van der Waals surface area contributed by atoms with Crippen molar-refractivity contribution in [3.63, 3.8) is 0 Å². The Balaban J connectivity index is 2.16. The molecule has 0 aromatic heterocycles. The van der Waals surface area contributed by atoms with Crippen LogP contribution >= 0.6 is 0 Å². The summed E-state index contributed by atoms with van der Waals surface area (Å²) < 4.78 is 30.1. The van der Waals surface area contributed by atoms with Gasteiger partial charge in [-0.05, 0) is 43.9 Å². The van der Waals surface area contributed by atoms with Gasteiger partial charge in [-0.1, -0.05) is 33.1 Å². The van der Waals surface area contributed by atoms with Gasteiger partial charge in [-0.15, -0.1) is 0 Å². The Morgan fingerprint density at radius 3 is 2.35 bits per heavy atom.